The number of fused-ring (bicyclic) bond motifs is 1. The Morgan fingerprint density at radius 2 is 1.67 bits per heavy atom. The summed E-state index contributed by atoms with van der Waals surface area (Å²) < 4.78 is 103. The highest BCUT2D eigenvalue weighted by Crippen LogP contribution is 2.37. The third-order valence-corrected chi connectivity index (χ3v) is 5.21. The standard InChI is InChI=1S/C21H7F7O4S/c22-13-7-12(15(23)17(25)16(13)24)19(29)31-10-5-11(18-14(6-10)33-20(30)32-18)8-2-1-3-9(4-8)21(26,27)28/h1-7H. The summed E-state index contributed by atoms with van der Waals surface area (Å²) in [7, 11) is 0. The molecule has 0 atom stereocenters. The molecule has 0 saturated heterocycles. The summed E-state index contributed by atoms with van der Waals surface area (Å²) in [6.07, 6.45) is -4.68. The van der Waals surface area contributed by atoms with Gasteiger partial charge in [-0.05, 0) is 29.8 Å². The zero-order valence-corrected chi connectivity index (χ0v) is 16.5. The number of carbonyl (C=O) groups is 1. The number of benzene rings is 3. The Hall–Kier alpha value is -3.67. The smallest absolute Gasteiger partial charge is 0.416 e. The number of hydrogen-bond acceptors (Lipinski definition) is 5. The number of hydrogen-bond donors (Lipinski definition) is 0. The summed E-state index contributed by atoms with van der Waals surface area (Å²) in [5.41, 5.74) is -2.50. The van der Waals surface area contributed by atoms with E-state index in [-0.39, 0.29) is 27.5 Å². The van der Waals surface area contributed by atoms with Crippen molar-refractivity contribution in [2.75, 3.05) is 0 Å². The first kappa shape index (κ1) is 22.5. The molecule has 0 aliphatic heterocycles. The first-order chi connectivity index (χ1) is 15.5. The van der Waals surface area contributed by atoms with E-state index in [9.17, 15) is 40.3 Å². The van der Waals surface area contributed by atoms with Crippen LogP contribution in [0.1, 0.15) is 15.9 Å². The number of esters is 1. The van der Waals surface area contributed by atoms with Crippen LogP contribution in [0.25, 0.3) is 21.4 Å². The summed E-state index contributed by atoms with van der Waals surface area (Å²) >= 11 is 0.538. The van der Waals surface area contributed by atoms with E-state index in [0.717, 1.165) is 30.3 Å². The van der Waals surface area contributed by atoms with Crippen LogP contribution < -0.4 is 9.68 Å². The van der Waals surface area contributed by atoms with Gasteiger partial charge in [-0.25, -0.2) is 27.2 Å². The maximum atomic E-state index is 13.9. The van der Waals surface area contributed by atoms with Crippen LogP contribution in [0.3, 0.4) is 0 Å². The second kappa shape index (κ2) is 8.03. The van der Waals surface area contributed by atoms with Crippen molar-refractivity contribution in [3.05, 3.63) is 86.6 Å². The van der Waals surface area contributed by atoms with Gasteiger partial charge in [0.05, 0.1) is 10.3 Å². The molecule has 0 unspecified atom stereocenters. The first-order valence-corrected chi connectivity index (χ1v) is 9.58. The molecule has 0 bridgehead atoms. The summed E-state index contributed by atoms with van der Waals surface area (Å²) in [6, 6.07) is 6.17. The van der Waals surface area contributed by atoms with Gasteiger partial charge in [-0.3, -0.25) is 0 Å². The normalized spacial score (nSPS) is 11.7. The van der Waals surface area contributed by atoms with E-state index in [0.29, 0.717) is 11.3 Å². The minimum absolute atomic E-state index is 0.0562. The predicted octanol–water partition coefficient (Wildman–Crippen LogP) is 6.32. The van der Waals surface area contributed by atoms with Crippen molar-refractivity contribution in [2.24, 2.45) is 0 Å². The Bertz CT molecular complexity index is 1470. The van der Waals surface area contributed by atoms with Crippen molar-refractivity contribution in [1.29, 1.82) is 0 Å². The number of carbonyl (C=O) groups excluding carboxylic acids is 1. The monoisotopic (exact) mass is 488 g/mol. The van der Waals surface area contributed by atoms with E-state index in [1.807, 2.05) is 0 Å². The molecular formula is C21H7F7O4S. The van der Waals surface area contributed by atoms with E-state index < -0.39 is 57.2 Å². The molecule has 33 heavy (non-hydrogen) atoms. The molecule has 0 fully saturated rings. The minimum Gasteiger partial charge on any atom is -0.423 e. The molecule has 4 nitrogen and oxygen atoms in total. The zero-order chi connectivity index (χ0) is 24.1. The van der Waals surface area contributed by atoms with Crippen LogP contribution in [0.15, 0.2) is 51.7 Å². The van der Waals surface area contributed by atoms with Gasteiger partial charge in [-0.1, -0.05) is 23.5 Å². The quantitative estimate of drug-likeness (QED) is 0.111. The molecule has 0 N–H and O–H groups in total. The molecule has 170 valence electrons. The maximum Gasteiger partial charge on any atom is 0.416 e. The second-order valence-corrected chi connectivity index (χ2v) is 7.55. The van der Waals surface area contributed by atoms with Gasteiger partial charge in [0.2, 0.25) is 0 Å². The van der Waals surface area contributed by atoms with Crippen molar-refractivity contribution >= 4 is 27.6 Å². The number of rotatable bonds is 3. The number of ether oxygens (including phenoxy) is 1. The van der Waals surface area contributed by atoms with Gasteiger partial charge in [0.25, 0.3) is 0 Å². The molecule has 0 saturated carbocycles. The summed E-state index contributed by atoms with van der Waals surface area (Å²) in [5, 5.41) is 0. The second-order valence-electron chi connectivity index (χ2n) is 6.57. The molecule has 0 amide bonds. The molecular weight excluding hydrogens is 481 g/mol. The summed E-state index contributed by atoms with van der Waals surface area (Å²) in [6.45, 7) is 0. The van der Waals surface area contributed by atoms with Crippen LogP contribution in [0.4, 0.5) is 30.7 Å². The van der Waals surface area contributed by atoms with E-state index in [2.05, 4.69) is 0 Å². The zero-order valence-electron chi connectivity index (χ0n) is 15.7. The highest BCUT2D eigenvalue weighted by atomic mass is 32.1. The maximum absolute atomic E-state index is 13.9. The van der Waals surface area contributed by atoms with Crippen molar-refractivity contribution in [3.63, 3.8) is 0 Å². The highest BCUT2D eigenvalue weighted by Gasteiger charge is 2.31. The lowest BCUT2D eigenvalue weighted by Gasteiger charge is -2.11. The SMILES string of the molecule is O=C(Oc1cc(-c2cccc(C(F)(F)F)c2)c2oc(=O)sc2c1)c1cc(F)c(F)c(F)c1F. The van der Waals surface area contributed by atoms with Gasteiger partial charge in [-0.2, -0.15) is 13.2 Å². The van der Waals surface area contributed by atoms with Gasteiger partial charge < -0.3 is 9.15 Å². The van der Waals surface area contributed by atoms with Crippen molar-refractivity contribution in [1.82, 2.24) is 0 Å². The molecule has 12 heteroatoms. The fourth-order valence-corrected chi connectivity index (χ4v) is 3.70. The Balaban J connectivity index is 1.82. The lowest BCUT2D eigenvalue weighted by atomic mass is 10.0. The number of alkyl halides is 3. The van der Waals surface area contributed by atoms with Crippen LogP contribution in [-0.2, 0) is 6.18 Å². The molecule has 0 aliphatic rings. The molecule has 4 rings (SSSR count). The van der Waals surface area contributed by atoms with Crippen LogP contribution in [0.2, 0.25) is 0 Å². The Kier molecular flexibility index (Phi) is 5.48. The minimum atomic E-state index is -4.68. The average molecular weight is 488 g/mol. The van der Waals surface area contributed by atoms with Crippen LogP contribution >= 0.6 is 11.3 Å². The van der Waals surface area contributed by atoms with Crippen LogP contribution in [-0.4, -0.2) is 5.97 Å². The van der Waals surface area contributed by atoms with E-state index >= 15 is 0 Å². The first-order valence-electron chi connectivity index (χ1n) is 8.76. The largest absolute Gasteiger partial charge is 0.423 e. The van der Waals surface area contributed by atoms with Gasteiger partial charge in [-0.15, -0.1) is 0 Å². The lowest BCUT2D eigenvalue weighted by molar-refractivity contribution is -0.137. The molecule has 0 radical (unpaired) electrons. The topological polar surface area (TPSA) is 56.5 Å². The molecule has 4 aromatic rings. The third-order valence-electron chi connectivity index (χ3n) is 4.44. The van der Waals surface area contributed by atoms with E-state index in [1.54, 1.807) is 0 Å². The van der Waals surface area contributed by atoms with Crippen LogP contribution in [0, 0.1) is 23.3 Å². The van der Waals surface area contributed by atoms with Crippen molar-refractivity contribution in [2.45, 2.75) is 6.18 Å². The third kappa shape index (κ3) is 4.21. The summed E-state index contributed by atoms with van der Waals surface area (Å²) in [4.78, 5) is 23.2. The van der Waals surface area contributed by atoms with Gasteiger partial charge in [0, 0.05) is 11.6 Å². The summed E-state index contributed by atoms with van der Waals surface area (Å²) in [5.74, 6) is -10.2. The van der Waals surface area contributed by atoms with E-state index in [4.69, 9.17) is 9.15 Å². The Labute approximate surface area is 182 Å². The average Bonchev–Trinajstić information content (AvgIpc) is 3.13. The van der Waals surface area contributed by atoms with Crippen molar-refractivity contribution < 1.29 is 44.7 Å². The molecule has 1 heterocycles. The predicted molar refractivity (Wildman–Crippen MR) is 102 cm³/mol. The fourth-order valence-electron chi connectivity index (χ4n) is 2.97. The van der Waals surface area contributed by atoms with Crippen molar-refractivity contribution in [3.8, 4) is 16.9 Å². The molecule has 0 aliphatic carbocycles. The van der Waals surface area contributed by atoms with Crippen LogP contribution in [0.5, 0.6) is 5.75 Å². The van der Waals surface area contributed by atoms with E-state index in [1.165, 1.54) is 6.07 Å². The Morgan fingerprint density at radius 3 is 2.36 bits per heavy atom. The van der Waals surface area contributed by atoms with Gasteiger partial charge in [0.1, 0.15) is 11.3 Å². The number of halogens is 7. The fraction of sp³-hybridized carbons (Fsp3) is 0.0476. The molecule has 0 spiro atoms. The highest BCUT2D eigenvalue weighted by molar-refractivity contribution is 7.16. The molecule has 3 aromatic carbocycles. The lowest BCUT2D eigenvalue weighted by Crippen LogP contribution is -2.14. The van der Waals surface area contributed by atoms with Gasteiger partial charge in [0.15, 0.2) is 28.9 Å². The molecule has 1 aromatic heterocycles. The Morgan fingerprint density at radius 1 is 0.939 bits per heavy atom. The van der Waals surface area contributed by atoms with Gasteiger partial charge >= 0.3 is 17.1 Å².